The van der Waals surface area contributed by atoms with Gasteiger partial charge in [-0.3, -0.25) is 4.79 Å². The number of anilines is 1. The topological polar surface area (TPSA) is 54.3 Å². The largest absolute Gasteiger partial charge is 0.457 e. The minimum absolute atomic E-state index is 0.141. The Morgan fingerprint density at radius 1 is 1.17 bits per heavy atom. The lowest BCUT2D eigenvalue weighted by Gasteiger charge is -2.25. The number of hydrogen-bond donors (Lipinski definition) is 2. The molecule has 0 radical (unpaired) electrons. The summed E-state index contributed by atoms with van der Waals surface area (Å²) in [5.74, 6) is 1.23. The zero-order valence-electron chi connectivity index (χ0n) is 16.1. The fraction of sp³-hybridized carbons (Fsp3) is 0.318. The number of carbonyl (C=O) groups excluding carboxylic acids is 1. The minimum atomic E-state index is -4.42. The maximum absolute atomic E-state index is 13.0. The molecule has 2 N–H and O–H groups in total. The second kappa shape index (κ2) is 6.91. The number of rotatable bonds is 2. The predicted molar refractivity (Wildman–Crippen MR) is 108 cm³/mol. The SMILES string of the molecule is C[C@@H]1CCc2c(sc3c2C(=O)N[C@@H](c2ccc(-c4cccc(C(F)(F)F)c4)o2)N3)C1. The van der Waals surface area contributed by atoms with E-state index >= 15 is 0 Å². The smallest absolute Gasteiger partial charge is 0.416 e. The quantitative estimate of drug-likeness (QED) is 0.522. The first-order chi connectivity index (χ1) is 14.3. The molecule has 1 aliphatic heterocycles. The van der Waals surface area contributed by atoms with Crippen LogP contribution in [0.15, 0.2) is 40.8 Å². The molecule has 1 amide bonds. The van der Waals surface area contributed by atoms with E-state index in [1.807, 2.05) is 0 Å². The number of halogens is 3. The summed E-state index contributed by atoms with van der Waals surface area (Å²) in [7, 11) is 0. The first kappa shape index (κ1) is 19.2. The van der Waals surface area contributed by atoms with Crippen molar-refractivity contribution in [2.75, 3.05) is 5.32 Å². The van der Waals surface area contributed by atoms with Crippen LogP contribution >= 0.6 is 11.3 Å². The van der Waals surface area contributed by atoms with Crippen molar-refractivity contribution in [3.8, 4) is 11.3 Å². The zero-order chi connectivity index (χ0) is 21.0. The summed E-state index contributed by atoms with van der Waals surface area (Å²) in [5, 5.41) is 7.08. The van der Waals surface area contributed by atoms with Gasteiger partial charge in [0.2, 0.25) is 0 Å². The molecular formula is C22H19F3N2O2S. The lowest BCUT2D eigenvalue weighted by Crippen LogP contribution is -2.38. The third kappa shape index (κ3) is 3.29. The second-order valence-corrected chi connectivity index (χ2v) is 8.99. The summed E-state index contributed by atoms with van der Waals surface area (Å²) >= 11 is 1.61. The van der Waals surface area contributed by atoms with Gasteiger partial charge in [-0.2, -0.15) is 13.2 Å². The molecule has 0 saturated heterocycles. The summed E-state index contributed by atoms with van der Waals surface area (Å²) in [4.78, 5) is 14.1. The molecule has 5 rings (SSSR count). The molecule has 2 aliphatic rings. The highest BCUT2D eigenvalue weighted by Crippen LogP contribution is 2.43. The molecule has 1 aromatic carbocycles. The van der Waals surface area contributed by atoms with Gasteiger partial charge in [0, 0.05) is 10.4 Å². The average molecular weight is 432 g/mol. The Bertz CT molecular complexity index is 1130. The molecule has 156 valence electrons. The average Bonchev–Trinajstić information content (AvgIpc) is 3.32. The van der Waals surface area contributed by atoms with E-state index in [0.717, 1.165) is 47.5 Å². The summed E-state index contributed by atoms with van der Waals surface area (Å²) in [5.41, 5.74) is 1.47. The first-order valence-electron chi connectivity index (χ1n) is 9.79. The maximum atomic E-state index is 13.0. The van der Waals surface area contributed by atoms with Crippen LogP contribution in [0, 0.1) is 5.92 Å². The molecule has 1 aliphatic carbocycles. The van der Waals surface area contributed by atoms with Crippen molar-refractivity contribution in [1.82, 2.24) is 5.32 Å². The molecule has 2 aromatic heterocycles. The summed E-state index contributed by atoms with van der Waals surface area (Å²) in [6.07, 6.45) is -2.03. The van der Waals surface area contributed by atoms with Crippen LogP contribution in [-0.4, -0.2) is 5.91 Å². The van der Waals surface area contributed by atoms with Crippen molar-refractivity contribution >= 4 is 22.2 Å². The Morgan fingerprint density at radius 3 is 2.80 bits per heavy atom. The van der Waals surface area contributed by atoms with Gasteiger partial charge < -0.3 is 15.1 Å². The van der Waals surface area contributed by atoms with E-state index in [1.54, 1.807) is 29.5 Å². The van der Waals surface area contributed by atoms with E-state index in [1.165, 1.54) is 10.9 Å². The number of thiophene rings is 1. The molecule has 4 nitrogen and oxygen atoms in total. The van der Waals surface area contributed by atoms with Crippen LogP contribution in [0.5, 0.6) is 0 Å². The Hall–Kier alpha value is -2.74. The first-order valence-corrected chi connectivity index (χ1v) is 10.6. The highest BCUT2D eigenvalue weighted by atomic mass is 32.1. The number of amides is 1. The zero-order valence-corrected chi connectivity index (χ0v) is 16.9. The summed E-state index contributed by atoms with van der Waals surface area (Å²) in [6.45, 7) is 2.22. The Kier molecular flexibility index (Phi) is 4.43. The van der Waals surface area contributed by atoms with Crippen LogP contribution in [0.4, 0.5) is 18.2 Å². The minimum Gasteiger partial charge on any atom is -0.457 e. The molecule has 0 spiro atoms. The van der Waals surface area contributed by atoms with Crippen molar-refractivity contribution < 1.29 is 22.4 Å². The molecule has 3 aromatic rings. The summed E-state index contributed by atoms with van der Waals surface area (Å²) < 4.78 is 44.8. The standard InChI is InChI=1S/C22H19F3N2O2S/c1-11-5-6-14-17(9-11)30-21-18(14)20(28)26-19(27-21)16-8-7-15(29-16)12-3-2-4-13(10-12)22(23,24)25/h2-4,7-8,10-11,19,27H,5-6,9H2,1H3,(H,26,28)/t11-,19-/m1/s1. The lowest BCUT2D eigenvalue weighted by molar-refractivity contribution is -0.137. The van der Waals surface area contributed by atoms with E-state index in [0.29, 0.717) is 23.0 Å². The number of benzene rings is 1. The number of furan rings is 1. The molecule has 2 atom stereocenters. The Morgan fingerprint density at radius 2 is 2.00 bits per heavy atom. The molecule has 8 heteroatoms. The second-order valence-electron chi connectivity index (χ2n) is 7.89. The third-order valence-corrected chi connectivity index (χ3v) is 6.86. The maximum Gasteiger partial charge on any atom is 0.416 e. The van der Waals surface area contributed by atoms with E-state index in [-0.39, 0.29) is 5.91 Å². The van der Waals surface area contributed by atoms with Crippen LogP contribution in [0.1, 0.15) is 51.6 Å². The van der Waals surface area contributed by atoms with Crippen LogP contribution < -0.4 is 10.6 Å². The van der Waals surface area contributed by atoms with Crippen molar-refractivity contribution in [3.05, 3.63) is 63.7 Å². The van der Waals surface area contributed by atoms with Crippen LogP contribution in [0.3, 0.4) is 0 Å². The fourth-order valence-electron chi connectivity index (χ4n) is 4.12. The Labute approximate surface area is 175 Å². The summed E-state index contributed by atoms with van der Waals surface area (Å²) in [6, 6.07) is 8.30. The normalized spacial score (nSPS) is 20.9. The van der Waals surface area contributed by atoms with Gasteiger partial charge in [0.05, 0.1) is 11.1 Å². The van der Waals surface area contributed by atoms with E-state index in [2.05, 4.69) is 17.6 Å². The number of alkyl halides is 3. The number of carbonyl (C=O) groups is 1. The van der Waals surface area contributed by atoms with Crippen LogP contribution in [0.25, 0.3) is 11.3 Å². The van der Waals surface area contributed by atoms with Gasteiger partial charge in [0.25, 0.3) is 5.91 Å². The van der Waals surface area contributed by atoms with Crippen LogP contribution in [-0.2, 0) is 19.0 Å². The van der Waals surface area contributed by atoms with Gasteiger partial charge in [-0.25, -0.2) is 0 Å². The molecule has 0 fully saturated rings. The molecule has 0 unspecified atom stereocenters. The van der Waals surface area contributed by atoms with E-state index in [9.17, 15) is 18.0 Å². The van der Waals surface area contributed by atoms with E-state index in [4.69, 9.17) is 4.42 Å². The van der Waals surface area contributed by atoms with Gasteiger partial charge in [-0.15, -0.1) is 11.3 Å². The number of nitrogens with one attached hydrogen (secondary N) is 2. The van der Waals surface area contributed by atoms with Crippen molar-refractivity contribution in [3.63, 3.8) is 0 Å². The van der Waals surface area contributed by atoms with Crippen molar-refractivity contribution in [2.24, 2.45) is 5.92 Å². The fourth-order valence-corrected chi connectivity index (χ4v) is 5.55. The highest BCUT2D eigenvalue weighted by Gasteiger charge is 2.34. The third-order valence-electron chi connectivity index (χ3n) is 5.68. The van der Waals surface area contributed by atoms with E-state index < -0.39 is 17.9 Å². The predicted octanol–water partition coefficient (Wildman–Crippen LogP) is 6.01. The molecule has 3 heterocycles. The van der Waals surface area contributed by atoms with Gasteiger partial charge in [0.1, 0.15) is 16.5 Å². The van der Waals surface area contributed by atoms with Gasteiger partial charge in [-0.05, 0) is 55.0 Å². The Balaban J connectivity index is 1.42. The molecule has 0 saturated carbocycles. The van der Waals surface area contributed by atoms with Crippen LogP contribution in [0.2, 0.25) is 0 Å². The lowest BCUT2D eigenvalue weighted by atomic mass is 9.88. The monoisotopic (exact) mass is 432 g/mol. The van der Waals surface area contributed by atoms with Gasteiger partial charge in [0.15, 0.2) is 6.17 Å². The van der Waals surface area contributed by atoms with Crippen molar-refractivity contribution in [2.45, 2.75) is 38.5 Å². The molecule has 30 heavy (non-hydrogen) atoms. The molecular weight excluding hydrogens is 413 g/mol. The van der Waals surface area contributed by atoms with Gasteiger partial charge >= 0.3 is 6.18 Å². The van der Waals surface area contributed by atoms with Crippen molar-refractivity contribution in [1.29, 1.82) is 0 Å². The highest BCUT2D eigenvalue weighted by molar-refractivity contribution is 7.16. The molecule has 0 bridgehead atoms. The van der Waals surface area contributed by atoms with Gasteiger partial charge in [-0.1, -0.05) is 19.1 Å². The number of fused-ring (bicyclic) bond motifs is 3. The number of hydrogen-bond acceptors (Lipinski definition) is 4.